The van der Waals surface area contributed by atoms with Crippen LogP contribution in [0, 0.1) is 0 Å². The molecule has 0 atom stereocenters. The number of carbonyl (C=O) groups excluding carboxylic acids is 1. The average Bonchev–Trinajstić information content (AvgIpc) is 2.40. The van der Waals surface area contributed by atoms with Gasteiger partial charge in [-0.25, -0.2) is 0 Å². The Bertz CT molecular complexity index is 586. The maximum absolute atomic E-state index is 12.2. The quantitative estimate of drug-likeness (QED) is 0.853. The second-order valence-corrected chi connectivity index (χ2v) is 5.53. The fourth-order valence-corrected chi connectivity index (χ4v) is 2.18. The molecule has 1 heterocycles. The van der Waals surface area contributed by atoms with Crippen molar-refractivity contribution < 1.29 is 4.79 Å². The van der Waals surface area contributed by atoms with E-state index in [-0.39, 0.29) is 5.91 Å². The maximum Gasteiger partial charge on any atom is 0.255 e. The van der Waals surface area contributed by atoms with Crippen LogP contribution in [0.5, 0.6) is 0 Å². The summed E-state index contributed by atoms with van der Waals surface area (Å²) in [6, 6.07) is 9.20. The normalized spacial score (nSPS) is 10.3. The van der Waals surface area contributed by atoms with Crippen molar-refractivity contribution in [3.63, 3.8) is 0 Å². The fourth-order valence-electron chi connectivity index (χ4n) is 1.68. The van der Waals surface area contributed by atoms with Crippen LogP contribution in [0.1, 0.15) is 15.9 Å². The van der Waals surface area contributed by atoms with Crippen molar-refractivity contribution >= 4 is 33.4 Å². The molecule has 2 aromatic rings. The van der Waals surface area contributed by atoms with Crippen LogP contribution in [0.2, 0.25) is 5.02 Å². The molecule has 0 spiro atoms. The lowest BCUT2D eigenvalue weighted by Crippen LogP contribution is -2.26. The van der Waals surface area contributed by atoms with Crippen LogP contribution in [0.4, 0.5) is 0 Å². The summed E-state index contributed by atoms with van der Waals surface area (Å²) in [7, 11) is 1.76. The van der Waals surface area contributed by atoms with E-state index in [9.17, 15) is 4.79 Å². The summed E-state index contributed by atoms with van der Waals surface area (Å²) in [5.74, 6) is -0.0660. The molecule has 98 valence electrons. The molecule has 0 unspecified atom stereocenters. The van der Waals surface area contributed by atoms with Crippen LogP contribution in [-0.2, 0) is 6.54 Å². The summed E-state index contributed by atoms with van der Waals surface area (Å²) in [4.78, 5) is 17.8. The summed E-state index contributed by atoms with van der Waals surface area (Å²) in [6.45, 7) is 0.530. The Morgan fingerprint density at radius 1 is 1.32 bits per heavy atom. The third-order valence-corrected chi connectivity index (χ3v) is 3.32. The first-order chi connectivity index (χ1) is 9.06. The topological polar surface area (TPSA) is 33.2 Å². The van der Waals surface area contributed by atoms with Gasteiger partial charge in [0.1, 0.15) is 0 Å². The molecule has 0 radical (unpaired) electrons. The molecular formula is C14H12BrClN2O. The summed E-state index contributed by atoms with van der Waals surface area (Å²) in [5.41, 5.74) is 1.59. The lowest BCUT2D eigenvalue weighted by Gasteiger charge is -2.17. The van der Waals surface area contributed by atoms with Gasteiger partial charge in [0.25, 0.3) is 5.91 Å². The molecule has 5 heteroatoms. The van der Waals surface area contributed by atoms with E-state index in [0.29, 0.717) is 17.1 Å². The van der Waals surface area contributed by atoms with Crippen molar-refractivity contribution in [2.24, 2.45) is 0 Å². The van der Waals surface area contributed by atoms with Crippen LogP contribution in [0.15, 0.2) is 47.2 Å². The van der Waals surface area contributed by atoms with Crippen molar-refractivity contribution in [2.45, 2.75) is 6.54 Å². The van der Waals surface area contributed by atoms with E-state index < -0.39 is 0 Å². The molecule has 0 aliphatic rings. The molecule has 19 heavy (non-hydrogen) atoms. The molecule has 0 bridgehead atoms. The Morgan fingerprint density at radius 2 is 2.00 bits per heavy atom. The van der Waals surface area contributed by atoms with Crippen LogP contribution in [-0.4, -0.2) is 22.8 Å². The molecule has 3 nitrogen and oxygen atoms in total. The molecule has 1 aromatic heterocycles. The Kier molecular flexibility index (Phi) is 4.56. The van der Waals surface area contributed by atoms with E-state index in [0.717, 1.165) is 10.0 Å². The SMILES string of the molecule is CN(Cc1ccc(Cl)cc1)C(=O)c1cncc(Br)c1. The van der Waals surface area contributed by atoms with Gasteiger partial charge >= 0.3 is 0 Å². The Labute approximate surface area is 125 Å². The second kappa shape index (κ2) is 6.17. The van der Waals surface area contributed by atoms with E-state index in [2.05, 4.69) is 20.9 Å². The molecule has 0 N–H and O–H groups in total. The zero-order valence-corrected chi connectivity index (χ0v) is 12.6. The van der Waals surface area contributed by atoms with E-state index in [1.807, 2.05) is 24.3 Å². The fraction of sp³-hybridized carbons (Fsp3) is 0.143. The standard InChI is InChI=1S/C14H12BrClN2O/c1-18(9-10-2-4-13(16)5-3-10)14(19)11-6-12(15)8-17-7-11/h2-8H,9H2,1H3. The van der Waals surface area contributed by atoms with Crippen LogP contribution in [0.25, 0.3) is 0 Å². The zero-order valence-electron chi connectivity index (χ0n) is 10.3. The number of nitrogens with zero attached hydrogens (tertiary/aromatic N) is 2. The summed E-state index contributed by atoms with van der Waals surface area (Å²) >= 11 is 9.14. The predicted octanol–water partition coefficient (Wildman–Crippen LogP) is 3.77. The number of benzene rings is 1. The molecule has 1 amide bonds. The number of carbonyl (C=O) groups is 1. The third-order valence-electron chi connectivity index (χ3n) is 2.63. The molecule has 2 rings (SSSR count). The number of pyridine rings is 1. The largest absolute Gasteiger partial charge is 0.337 e. The van der Waals surface area contributed by atoms with E-state index in [1.54, 1.807) is 30.4 Å². The lowest BCUT2D eigenvalue weighted by molar-refractivity contribution is 0.0784. The average molecular weight is 340 g/mol. The number of hydrogen-bond acceptors (Lipinski definition) is 2. The number of hydrogen-bond donors (Lipinski definition) is 0. The number of aromatic nitrogens is 1. The number of rotatable bonds is 3. The Hall–Kier alpha value is -1.39. The second-order valence-electron chi connectivity index (χ2n) is 4.18. The van der Waals surface area contributed by atoms with Gasteiger partial charge in [-0.15, -0.1) is 0 Å². The number of halogens is 2. The van der Waals surface area contributed by atoms with Crippen molar-refractivity contribution in [3.8, 4) is 0 Å². The van der Waals surface area contributed by atoms with Gasteiger partial charge in [-0.2, -0.15) is 0 Å². The lowest BCUT2D eigenvalue weighted by atomic mass is 10.2. The van der Waals surface area contributed by atoms with E-state index in [1.165, 1.54) is 0 Å². The van der Waals surface area contributed by atoms with Gasteiger partial charge in [-0.1, -0.05) is 23.7 Å². The first-order valence-electron chi connectivity index (χ1n) is 5.67. The van der Waals surface area contributed by atoms with Crippen LogP contribution < -0.4 is 0 Å². The zero-order chi connectivity index (χ0) is 13.8. The predicted molar refractivity (Wildman–Crippen MR) is 79.2 cm³/mol. The summed E-state index contributed by atoms with van der Waals surface area (Å²) in [6.07, 6.45) is 3.21. The summed E-state index contributed by atoms with van der Waals surface area (Å²) < 4.78 is 0.790. The van der Waals surface area contributed by atoms with Crippen LogP contribution in [0.3, 0.4) is 0 Å². The highest BCUT2D eigenvalue weighted by atomic mass is 79.9. The van der Waals surface area contributed by atoms with Gasteiger partial charge in [0.15, 0.2) is 0 Å². The molecule has 0 saturated heterocycles. The Morgan fingerprint density at radius 3 is 2.63 bits per heavy atom. The monoisotopic (exact) mass is 338 g/mol. The van der Waals surface area contributed by atoms with Gasteiger partial charge in [-0.3, -0.25) is 9.78 Å². The first-order valence-corrected chi connectivity index (χ1v) is 6.84. The highest BCUT2D eigenvalue weighted by Gasteiger charge is 2.12. The molecule has 0 aliphatic carbocycles. The summed E-state index contributed by atoms with van der Waals surface area (Å²) in [5, 5.41) is 0.689. The third kappa shape index (κ3) is 3.78. The molecule has 0 saturated carbocycles. The smallest absolute Gasteiger partial charge is 0.255 e. The van der Waals surface area contributed by atoms with Crippen LogP contribution >= 0.6 is 27.5 Å². The molecule has 0 fully saturated rings. The van der Waals surface area contributed by atoms with Crippen molar-refractivity contribution in [2.75, 3.05) is 7.05 Å². The highest BCUT2D eigenvalue weighted by molar-refractivity contribution is 9.10. The van der Waals surface area contributed by atoms with E-state index in [4.69, 9.17) is 11.6 Å². The van der Waals surface area contributed by atoms with Gasteiger partial charge in [0.2, 0.25) is 0 Å². The molecule has 0 aliphatic heterocycles. The highest BCUT2D eigenvalue weighted by Crippen LogP contribution is 2.14. The number of amides is 1. The molecular weight excluding hydrogens is 328 g/mol. The van der Waals surface area contributed by atoms with E-state index >= 15 is 0 Å². The maximum atomic E-state index is 12.2. The molecule has 1 aromatic carbocycles. The van der Waals surface area contributed by atoms with Gasteiger partial charge in [0.05, 0.1) is 5.56 Å². The van der Waals surface area contributed by atoms with Gasteiger partial charge in [0, 0.05) is 35.5 Å². The minimum atomic E-state index is -0.0660. The van der Waals surface area contributed by atoms with Crippen molar-refractivity contribution in [1.82, 2.24) is 9.88 Å². The van der Waals surface area contributed by atoms with Gasteiger partial charge < -0.3 is 4.90 Å². The van der Waals surface area contributed by atoms with Gasteiger partial charge in [-0.05, 0) is 39.7 Å². The van der Waals surface area contributed by atoms with Crippen molar-refractivity contribution in [1.29, 1.82) is 0 Å². The first kappa shape index (κ1) is 14.0. The Balaban J connectivity index is 2.09. The minimum absolute atomic E-state index is 0.0660. The van der Waals surface area contributed by atoms with Crippen molar-refractivity contribution in [3.05, 3.63) is 63.3 Å². The minimum Gasteiger partial charge on any atom is -0.337 e.